The number of hydrogen-bond acceptors (Lipinski definition) is 3. The molecule has 0 bridgehead atoms. The molecule has 0 saturated heterocycles. The Kier molecular flexibility index (Phi) is 4.32. The standard InChI is InChI=1S/C16H22N2O3/c1-16(2,3)13(15(20)21)18-14(19)12-8-10-6-4-5-7-11(10)9-17-12/h4-7,12-13,17H,8-9H2,1-3H3,(H,18,19)(H,20,21)/t12?,13-/m1/s1. The number of nitrogens with one attached hydrogen (secondary N) is 2. The van der Waals surface area contributed by atoms with E-state index in [2.05, 4.69) is 10.6 Å². The van der Waals surface area contributed by atoms with Crippen molar-refractivity contribution < 1.29 is 14.7 Å². The maximum atomic E-state index is 12.3. The van der Waals surface area contributed by atoms with Crippen molar-refractivity contribution in [3.8, 4) is 0 Å². The van der Waals surface area contributed by atoms with Gasteiger partial charge >= 0.3 is 5.97 Å². The van der Waals surface area contributed by atoms with Gasteiger partial charge in [0.2, 0.25) is 5.91 Å². The van der Waals surface area contributed by atoms with E-state index in [1.807, 2.05) is 24.3 Å². The SMILES string of the molecule is CC(C)(C)[C@H](NC(=O)C1Cc2ccccc2CN1)C(=O)O. The molecule has 0 aliphatic carbocycles. The third-order valence-electron chi connectivity index (χ3n) is 3.80. The van der Waals surface area contributed by atoms with Crippen LogP contribution in [0.2, 0.25) is 0 Å². The summed E-state index contributed by atoms with van der Waals surface area (Å²) in [6, 6.07) is 6.68. The van der Waals surface area contributed by atoms with Crippen molar-refractivity contribution in [1.82, 2.24) is 10.6 Å². The van der Waals surface area contributed by atoms with E-state index in [-0.39, 0.29) is 11.9 Å². The maximum Gasteiger partial charge on any atom is 0.326 e. The van der Waals surface area contributed by atoms with Gasteiger partial charge in [-0.3, -0.25) is 4.79 Å². The van der Waals surface area contributed by atoms with Crippen LogP contribution in [0.25, 0.3) is 0 Å². The first kappa shape index (κ1) is 15.5. The van der Waals surface area contributed by atoms with Gasteiger partial charge in [0.25, 0.3) is 0 Å². The van der Waals surface area contributed by atoms with Crippen LogP contribution in [-0.4, -0.2) is 29.1 Å². The highest BCUT2D eigenvalue weighted by molar-refractivity contribution is 5.87. The molecular formula is C16H22N2O3. The van der Waals surface area contributed by atoms with Crippen molar-refractivity contribution in [2.45, 2.75) is 45.8 Å². The lowest BCUT2D eigenvalue weighted by Crippen LogP contribution is -2.55. The average molecular weight is 290 g/mol. The fourth-order valence-electron chi connectivity index (χ4n) is 2.53. The van der Waals surface area contributed by atoms with Crippen LogP contribution in [0.4, 0.5) is 0 Å². The summed E-state index contributed by atoms with van der Waals surface area (Å²) in [6.07, 6.45) is 0.582. The van der Waals surface area contributed by atoms with Gasteiger partial charge in [0, 0.05) is 6.54 Å². The Morgan fingerprint density at radius 3 is 2.48 bits per heavy atom. The summed E-state index contributed by atoms with van der Waals surface area (Å²) in [5.41, 5.74) is 1.79. The molecule has 0 spiro atoms. The Bertz CT molecular complexity index is 549. The molecule has 1 aliphatic heterocycles. The lowest BCUT2D eigenvalue weighted by atomic mass is 9.86. The second kappa shape index (κ2) is 5.85. The first-order valence-electron chi connectivity index (χ1n) is 7.12. The minimum Gasteiger partial charge on any atom is -0.480 e. The molecule has 1 aromatic carbocycles. The van der Waals surface area contributed by atoms with Crippen LogP contribution in [0.3, 0.4) is 0 Å². The van der Waals surface area contributed by atoms with Gasteiger partial charge < -0.3 is 15.7 Å². The molecule has 3 N–H and O–H groups in total. The molecule has 1 amide bonds. The largest absolute Gasteiger partial charge is 0.480 e. The topological polar surface area (TPSA) is 78.4 Å². The number of carbonyl (C=O) groups is 2. The van der Waals surface area contributed by atoms with Crippen molar-refractivity contribution in [3.05, 3.63) is 35.4 Å². The van der Waals surface area contributed by atoms with Crippen molar-refractivity contribution in [2.24, 2.45) is 5.41 Å². The summed E-state index contributed by atoms with van der Waals surface area (Å²) in [6.45, 7) is 6.03. The predicted octanol–water partition coefficient (Wildman–Crippen LogP) is 1.32. The third-order valence-corrected chi connectivity index (χ3v) is 3.80. The molecule has 1 aliphatic rings. The molecule has 0 saturated carbocycles. The molecule has 5 heteroatoms. The fourth-order valence-corrected chi connectivity index (χ4v) is 2.53. The smallest absolute Gasteiger partial charge is 0.326 e. The van der Waals surface area contributed by atoms with Crippen LogP contribution in [0.5, 0.6) is 0 Å². The summed E-state index contributed by atoms with van der Waals surface area (Å²) >= 11 is 0. The van der Waals surface area contributed by atoms with Crippen LogP contribution in [0.1, 0.15) is 31.9 Å². The van der Waals surface area contributed by atoms with Crippen LogP contribution < -0.4 is 10.6 Å². The second-order valence-electron chi connectivity index (χ2n) is 6.55. The van der Waals surface area contributed by atoms with Gasteiger partial charge in [0.1, 0.15) is 6.04 Å². The number of carbonyl (C=O) groups excluding carboxylic acids is 1. The van der Waals surface area contributed by atoms with E-state index in [1.54, 1.807) is 20.8 Å². The molecule has 1 aromatic rings. The number of carboxylic acids is 1. The Morgan fingerprint density at radius 1 is 1.29 bits per heavy atom. The highest BCUT2D eigenvalue weighted by atomic mass is 16.4. The van der Waals surface area contributed by atoms with Gasteiger partial charge in [-0.05, 0) is 23.0 Å². The quantitative estimate of drug-likeness (QED) is 0.784. The number of carboxylic acid groups (broad SMARTS) is 1. The minimum absolute atomic E-state index is 0.258. The number of aliphatic carboxylic acids is 1. The zero-order valence-electron chi connectivity index (χ0n) is 12.6. The molecule has 0 aromatic heterocycles. The summed E-state index contributed by atoms with van der Waals surface area (Å²) in [5, 5.41) is 15.1. The molecular weight excluding hydrogens is 268 g/mol. The van der Waals surface area contributed by atoms with E-state index < -0.39 is 17.4 Å². The zero-order valence-corrected chi connectivity index (χ0v) is 12.6. The highest BCUT2D eigenvalue weighted by Crippen LogP contribution is 2.21. The van der Waals surface area contributed by atoms with E-state index in [0.717, 1.165) is 5.56 Å². The number of hydrogen-bond donors (Lipinski definition) is 3. The lowest BCUT2D eigenvalue weighted by molar-refractivity contribution is -0.145. The van der Waals surface area contributed by atoms with Crippen LogP contribution in [0, 0.1) is 5.41 Å². The van der Waals surface area contributed by atoms with E-state index in [0.29, 0.717) is 13.0 Å². The first-order chi connectivity index (χ1) is 9.79. The normalized spacial score (nSPS) is 19.5. The Morgan fingerprint density at radius 2 is 1.90 bits per heavy atom. The maximum absolute atomic E-state index is 12.3. The van der Waals surface area contributed by atoms with Crippen molar-refractivity contribution in [2.75, 3.05) is 0 Å². The Hall–Kier alpha value is -1.88. The first-order valence-corrected chi connectivity index (χ1v) is 7.12. The van der Waals surface area contributed by atoms with Crippen LogP contribution in [0.15, 0.2) is 24.3 Å². The summed E-state index contributed by atoms with van der Waals surface area (Å²) in [4.78, 5) is 23.7. The van der Waals surface area contributed by atoms with Crippen molar-refractivity contribution >= 4 is 11.9 Å². The second-order valence-corrected chi connectivity index (χ2v) is 6.55. The van der Waals surface area contributed by atoms with E-state index in [1.165, 1.54) is 5.56 Å². The highest BCUT2D eigenvalue weighted by Gasteiger charge is 2.35. The lowest BCUT2D eigenvalue weighted by Gasteiger charge is -2.31. The molecule has 114 valence electrons. The van der Waals surface area contributed by atoms with Gasteiger partial charge in [-0.2, -0.15) is 0 Å². The number of rotatable bonds is 3. The van der Waals surface area contributed by atoms with E-state index >= 15 is 0 Å². The minimum atomic E-state index is -1.01. The summed E-state index contributed by atoms with van der Waals surface area (Å²) in [5.74, 6) is -1.26. The molecule has 1 heterocycles. The number of benzene rings is 1. The van der Waals surface area contributed by atoms with Gasteiger partial charge in [-0.1, -0.05) is 45.0 Å². The molecule has 0 fully saturated rings. The van der Waals surface area contributed by atoms with E-state index in [9.17, 15) is 14.7 Å². The van der Waals surface area contributed by atoms with Gasteiger partial charge in [0.05, 0.1) is 6.04 Å². The van der Waals surface area contributed by atoms with Gasteiger partial charge in [0.15, 0.2) is 0 Å². The zero-order chi connectivity index (χ0) is 15.6. The fraction of sp³-hybridized carbons (Fsp3) is 0.500. The van der Waals surface area contributed by atoms with Gasteiger partial charge in [-0.25, -0.2) is 4.79 Å². The molecule has 21 heavy (non-hydrogen) atoms. The molecule has 2 atom stereocenters. The molecule has 2 rings (SSSR count). The Balaban J connectivity index is 2.06. The molecule has 1 unspecified atom stereocenters. The summed E-state index contributed by atoms with van der Waals surface area (Å²) in [7, 11) is 0. The van der Waals surface area contributed by atoms with Gasteiger partial charge in [-0.15, -0.1) is 0 Å². The number of amides is 1. The van der Waals surface area contributed by atoms with E-state index in [4.69, 9.17) is 0 Å². The number of fused-ring (bicyclic) bond motifs is 1. The summed E-state index contributed by atoms with van der Waals surface area (Å²) < 4.78 is 0. The monoisotopic (exact) mass is 290 g/mol. The Labute approximate surface area is 124 Å². The van der Waals surface area contributed by atoms with Crippen molar-refractivity contribution in [1.29, 1.82) is 0 Å². The third kappa shape index (κ3) is 3.61. The van der Waals surface area contributed by atoms with Crippen LogP contribution >= 0.6 is 0 Å². The van der Waals surface area contributed by atoms with Crippen molar-refractivity contribution in [3.63, 3.8) is 0 Å². The predicted molar refractivity (Wildman–Crippen MR) is 79.8 cm³/mol. The molecule has 0 radical (unpaired) electrons. The molecule has 5 nitrogen and oxygen atoms in total. The van der Waals surface area contributed by atoms with Crippen LogP contribution in [-0.2, 0) is 22.6 Å². The average Bonchev–Trinajstić information content (AvgIpc) is 2.42.